The van der Waals surface area contributed by atoms with Crippen LogP contribution in [0.25, 0.3) is 11.5 Å². The van der Waals surface area contributed by atoms with E-state index in [0.717, 1.165) is 31.2 Å². The van der Waals surface area contributed by atoms with Gasteiger partial charge in [0, 0.05) is 17.8 Å². The summed E-state index contributed by atoms with van der Waals surface area (Å²) < 4.78 is 47.8. The van der Waals surface area contributed by atoms with Gasteiger partial charge in [-0.05, 0) is 37.5 Å². The Labute approximate surface area is 129 Å². The molecule has 2 saturated carbocycles. The number of pyridine rings is 1. The maximum absolute atomic E-state index is 12.5. The molecule has 122 valence electrons. The first-order chi connectivity index (χ1) is 11.0. The first kappa shape index (κ1) is 14.5. The summed E-state index contributed by atoms with van der Waals surface area (Å²) in [5.74, 6) is 0.127. The van der Waals surface area contributed by atoms with Crippen LogP contribution in [0, 0.1) is 5.92 Å². The summed E-state index contributed by atoms with van der Waals surface area (Å²) >= 11 is 0. The molecule has 0 unspecified atom stereocenters. The molecule has 2 aliphatic carbocycles. The van der Waals surface area contributed by atoms with Gasteiger partial charge in [0.1, 0.15) is 11.4 Å². The van der Waals surface area contributed by atoms with Crippen molar-refractivity contribution in [1.29, 1.82) is 0 Å². The van der Waals surface area contributed by atoms with Crippen molar-refractivity contribution in [3.63, 3.8) is 0 Å². The van der Waals surface area contributed by atoms with Gasteiger partial charge in [0.2, 0.25) is 5.82 Å². The van der Waals surface area contributed by atoms with Crippen LogP contribution in [-0.4, -0.2) is 21.7 Å². The van der Waals surface area contributed by atoms with Crippen molar-refractivity contribution >= 4 is 0 Å². The highest BCUT2D eigenvalue weighted by Crippen LogP contribution is 2.45. The molecular formula is C15H14F3N3O2. The molecule has 2 fully saturated rings. The van der Waals surface area contributed by atoms with Crippen LogP contribution in [0.3, 0.4) is 0 Å². The normalized spacial score (nSPS) is 18.2. The molecule has 2 aromatic rings. The predicted octanol–water partition coefficient (Wildman–Crippen LogP) is 3.82. The van der Waals surface area contributed by atoms with E-state index >= 15 is 0 Å². The van der Waals surface area contributed by atoms with Gasteiger partial charge >= 0.3 is 12.1 Å². The summed E-state index contributed by atoms with van der Waals surface area (Å²) in [5, 5.41) is 3.37. The molecule has 0 N–H and O–H groups in total. The Kier molecular flexibility index (Phi) is 3.28. The number of aromatic nitrogens is 3. The van der Waals surface area contributed by atoms with Crippen LogP contribution in [0.1, 0.15) is 43.1 Å². The minimum Gasteiger partial charge on any atom is -0.493 e. The number of nitrogens with zero attached hydrogens (tertiary/aromatic N) is 3. The Balaban J connectivity index is 1.62. The van der Waals surface area contributed by atoms with Crippen LogP contribution < -0.4 is 4.74 Å². The molecular weight excluding hydrogens is 311 g/mol. The Bertz CT molecular complexity index is 721. The maximum Gasteiger partial charge on any atom is 0.471 e. The second kappa shape index (κ2) is 5.21. The van der Waals surface area contributed by atoms with Crippen LogP contribution in [0.15, 0.2) is 16.8 Å². The zero-order valence-corrected chi connectivity index (χ0v) is 12.1. The molecule has 0 aromatic carbocycles. The zero-order valence-electron chi connectivity index (χ0n) is 12.1. The topological polar surface area (TPSA) is 61.0 Å². The number of hydrogen-bond acceptors (Lipinski definition) is 5. The van der Waals surface area contributed by atoms with Crippen molar-refractivity contribution in [2.45, 2.75) is 37.8 Å². The Morgan fingerprint density at radius 3 is 2.61 bits per heavy atom. The molecule has 0 saturated heterocycles. The number of hydrogen-bond donors (Lipinski definition) is 0. The SMILES string of the molecule is FC(F)(F)c1nc(-c2cc(OCC3CC3)c(C3CC3)cn2)no1. The van der Waals surface area contributed by atoms with Gasteiger partial charge in [0.25, 0.3) is 0 Å². The van der Waals surface area contributed by atoms with Crippen molar-refractivity contribution in [1.82, 2.24) is 15.1 Å². The van der Waals surface area contributed by atoms with Crippen LogP contribution >= 0.6 is 0 Å². The van der Waals surface area contributed by atoms with E-state index in [1.54, 1.807) is 12.3 Å². The van der Waals surface area contributed by atoms with E-state index in [1.807, 2.05) is 0 Å². The molecule has 23 heavy (non-hydrogen) atoms. The smallest absolute Gasteiger partial charge is 0.471 e. The van der Waals surface area contributed by atoms with Crippen molar-refractivity contribution in [2.75, 3.05) is 6.61 Å². The summed E-state index contributed by atoms with van der Waals surface area (Å²) in [5.41, 5.74) is 1.23. The lowest BCUT2D eigenvalue weighted by molar-refractivity contribution is -0.159. The number of rotatable bonds is 5. The molecule has 0 radical (unpaired) electrons. The van der Waals surface area contributed by atoms with Gasteiger partial charge in [-0.25, -0.2) is 0 Å². The number of alkyl halides is 3. The molecule has 2 aliphatic rings. The molecule has 0 amide bonds. The lowest BCUT2D eigenvalue weighted by Crippen LogP contribution is -2.05. The van der Waals surface area contributed by atoms with E-state index in [2.05, 4.69) is 19.6 Å². The van der Waals surface area contributed by atoms with Gasteiger partial charge in [-0.3, -0.25) is 4.98 Å². The average Bonchev–Trinajstić information content (AvgIpc) is 3.43. The van der Waals surface area contributed by atoms with Crippen LogP contribution in [-0.2, 0) is 6.18 Å². The fourth-order valence-electron chi connectivity index (χ4n) is 2.33. The van der Waals surface area contributed by atoms with E-state index in [-0.39, 0.29) is 11.5 Å². The lowest BCUT2D eigenvalue weighted by atomic mass is 10.1. The lowest BCUT2D eigenvalue weighted by Gasteiger charge is -2.11. The highest BCUT2D eigenvalue weighted by Gasteiger charge is 2.39. The van der Waals surface area contributed by atoms with Gasteiger partial charge in [0.15, 0.2) is 0 Å². The minimum atomic E-state index is -4.66. The van der Waals surface area contributed by atoms with E-state index < -0.39 is 12.1 Å². The van der Waals surface area contributed by atoms with Gasteiger partial charge < -0.3 is 9.26 Å². The number of halogens is 3. The second-order valence-electron chi connectivity index (χ2n) is 6.06. The molecule has 0 bridgehead atoms. The monoisotopic (exact) mass is 325 g/mol. The average molecular weight is 325 g/mol. The molecule has 5 nitrogen and oxygen atoms in total. The van der Waals surface area contributed by atoms with E-state index in [4.69, 9.17) is 4.74 Å². The fraction of sp³-hybridized carbons (Fsp3) is 0.533. The van der Waals surface area contributed by atoms with E-state index in [1.165, 1.54) is 0 Å². The summed E-state index contributed by atoms with van der Waals surface area (Å²) in [7, 11) is 0. The molecule has 0 spiro atoms. The zero-order chi connectivity index (χ0) is 16.0. The first-order valence-corrected chi connectivity index (χ1v) is 7.55. The molecule has 0 aliphatic heterocycles. The first-order valence-electron chi connectivity index (χ1n) is 7.55. The predicted molar refractivity (Wildman–Crippen MR) is 72.7 cm³/mol. The second-order valence-corrected chi connectivity index (χ2v) is 6.06. The van der Waals surface area contributed by atoms with Gasteiger partial charge in [-0.2, -0.15) is 18.2 Å². The van der Waals surface area contributed by atoms with Crippen molar-refractivity contribution < 1.29 is 22.4 Å². The minimum absolute atomic E-state index is 0.184. The summed E-state index contributed by atoms with van der Waals surface area (Å²) in [6, 6.07) is 1.61. The standard InChI is InChI=1S/C15H14F3N3O2/c16-15(17,18)14-20-13(21-23-14)11-5-12(22-7-8-1-2-8)10(6-19-11)9-3-4-9/h5-6,8-9H,1-4,7H2. The third-order valence-corrected chi connectivity index (χ3v) is 3.98. The van der Waals surface area contributed by atoms with Crippen molar-refractivity contribution in [3.8, 4) is 17.3 Å². The van der Waals surface area contributed by atoms with Gasteiger partial charge in [-0.15, -0.1) is 0 Å². The molecule has 0 atom stereocenters. The third-order valence-electron chi connectivity index (χ3n) is 3.98. The highest BCUT2D eigenvalue weighted by molar-refractivity contribution is 5.54. The Morgan fingerprint density at radius 1 is 1.22 bits per heavy atom. The summed E-state index contributed by atoms with van der Waals surface area (Å²) in [6.07, 6.45) is 1.48. The Morgan fingerprint density at radius 2 is 2.00 bits per heavy atom. The fourth-order valence-corrected chi connectivity index (χ4v) is 2.33. The highest BCUT2D eigenvalue weighted by atomic mass is 19.4. The molecule has 8 heteroatoms. The number of ether oxygens (including phenoxy) is 1. The van der Waals surface area contributed by atoms with Gasteiger partial charge in [0.05, 0.1) is 6.61 Å². The quantitative estimate of drug-likeness (QED) is 0.836. The summed E-state index contributed by atoms with van der Waals surface area (Å²) in [4.78, 5) is 7.55. The molecule has 4 rings (SSSR count). The summed E-state index contributed by atoms with van der Waals surface area (Å²) in [6.45, 7) is 0.628. The van der Waals surface area contributed by atoms with Crippen molar-refractivity contribution in [2.24, 2.45) is 5.92 Å². The van der Waals surface area contributed by atoms with E-state index in [0.29, 0.717) is 24.2 Å². The molecule has 2 aromatic heterocycles. The maximum atomic E-state index is 12.5. The largest absolute Gasteiger partial charge is 0.493 e. The molecule has 2 heterocycles. The van der Waals surface area contributed by atoms with Crippen LogP contribution in [0.4, 0.5) is 13.2 Å². The van der Waals surface area contributed by atoms with Crippen LogP contribution in [0.2, 0.25) is 0 Å². The third kappa shape index (κ3) is 3.16. The Hall–Kier alpha value is -2.12. The van der Waals surface area contributed by atoms with Crippen LogP contribution in [0.5, 0.6) is 5.75 Å². The van der Waals surface area contributed by atoms with Gasteiger partial charge in [-0.1, -0.05) is 5.16 Å². The van der Waals surface area contributed by atoms with Crippen molar-refractivity contribution in [3.05, 3.63) is 23.7 Å². The van der Waals surface area contributed by atoms with E-state index in [9.17, 15) is 13.2 Å².